The van der Waals surface area contributed by atoms with Gasteiger partial charge < -0.3 is 0 Å². The van der Waals surface area contributed by atoms with Crippen molar-refractivity contribution in [3.05, 3.63) is 75.7 Å². The molecule has 1 heterocycles. The summed E-state index contributed by atoms with van der Waals surface area (Å²) in [6.07, 6.45) is 1.31. The molecule has 2 aromatic carbocycles. The Hall–Kier alpha value is -2.27. The Morgan fingerprint density at radius 3 is 2.46 bits per heavy atom. The number of Topliss-reactive ketones (excluding diaryl/α,β-unsaturated/α-hetero) is 1. The Balaban J connectivity index is 1.89. The van der Waals surface area contributed by atoms with Crippen molar-refractivity contribution in [2.45, 2.75) is 39.0 Å². The molecule has 0 aromatic heterocycles. The summed E-state index contributed by atoms with van der Waals surface area (Å²) in [6, 6.07) is 13.7. The molecule has 2 aliphatic rings. The summed E-state index contributed by atoms with van der Waals surface area (Å²) in [5.41, 5.74) is 2.82. The van der Waals surface area contributed by atoms with E-state index in [4.69, 9.17) is 0 Å². The Morgan fingerprint density at radius 1 is 1.07 bits per heavy atom. The van der Waals surface area contributed by atoms with Crippen LogP contribution in [-0.2, 0) is 9.59 Å². The quantitative estimate of drug-likeness (QED) is 0.594. The number of halogens is 2. The molecular formula is C23H21BrFNO2. The normalized spacial score (nSPS) is 21.7. The monoisotopic (exact) mass is 441 g/mol. The summed E-state index contributed by atoms with van der Waals surface area (Å²) in [6.45, 7) is 4.09. The number of benzene rings is 2. The number of carbonyl (C=O) groups excluding carboxylic acids is 2. The molecule has 28 heavy (non-hydrogen) atoms. The van der Waals surface area contributed by atoms with E-state index in [0.29, 0.717) is 18.5 Å². The first-order valence-electron chi connectivity index (χ1n) is 9.35. The second-order valence-electron chi connectivity index (χ2n) is 8.32. The number of hydrogen-bond donors (Lipinski definition) is 0. The molecule has 1 amide bonds. The van der Waals surface area contributed by atoms with Crippen LogP contribution in [0.1, 0.15) is 44.6 Å². The van der Waals surface area contributed by atoms with Crippen LogP contribution in [0.4, 0.5) is 10.1 Å². The lowest BCUT2D eigenvalue weighted by molar-refractivity contribution is -0.121. The SMILES string of the molecule is CC1(C)CC(=O)C2=C(C1)N(c1ccc(F)cc1)C(=O)CC2c1cccc(Br)c1. The van der Waals surface area contributed by atoms with Crippen molar-refractivity contribution in [2.24, 2.45) is 5.41 Å². The third-order valence-electron chi connectivity index (χ3n) is 5.48. The summed E-state index contributed by atoms with van der Waals surface area (Å²) >= 11 is 3.49. The number of hydrogen-bond acceptors (Lipinski definition) is 2. The minimum atomic E-state index is -0.352. The molecule has 1 aliphatic carbocycles. The zero-order chi connectivity index (χ0) is 20.1. The first-order chi connectivity index (χ1) is 13.2. The molecule has 5 heteroatoms. The largest absolute Gasteiger partial charge is 0.294 e. The van der Waals surface area contributed by atoms with Crippen LogP contribution in [0.3, 0.4) is 0 Å². The molecule has 3 nitrogen and oxygen atoms in total. The second-order valence-corrected chi connectivity index (χ2v) is 9.23. The predicted molar refractivity (Wildman–Crippen MR) is 110 cm³/mol. The van der Waals surface area contributed by atoms with Crippen LogP contribution in [0.5, 0.6) is 0 Å². The fourth-order valence-corrected chi connectivity index (χ4v) is 4.73. The Kier molecular flexibility index (Phi) is 4.74. The van der Waals surface area contributed by atoms with E-state index in [1.165, 1.54) is 12.1 Å². The third kappa shape index (κ3) is 3.44. The van der Waals surface area contributed by atoms with Gasteiger partial charge in [0.15, 0.2) is 5.78 Å². The zero-order valence-electron chi connectivity index (χ0n) is 15.8. The van der Waals surface area contributed by atoms with E-state index in [1.54, 1.807) is 17.0 Å². The van der Waals surface area contributed by atoms with Gasteiger partial charge in [-0.3, -0.25) is 14.5 Å². The lowest BCUT2D eigenvalue weighted by Crippen LogP contribution is -2.43. The maximum Gasteiger partial charge on any atom is 0.232 e. The third-order valence-corrected chi connectivity index (χ3v) is 5.97. The molecule has 1 unspecified atom stereocenters. The highest BCUT2D eigenvalue weighted by atomic mass is 79.9. The van der Waals surface area contributed by atoms with E-state index < -0.39 is 0 Å². The minimum absolute atomic E-state index is 0.0687. The predicted octanol–water partition coefficient (Wildman–Crippen LogP) is 5.75. The summed E-state index contributed by atoms with van der Waals surface area (Å²) in [4.78, 5) is 28.0. The van der Waals surface area contributed by atoms with E-state index >= 15 is 0 Å². The van der Waals surface area contributed by atoms with Crippen LogP contribution in [0, 0.1) is 11.2 Å². The van der Waals surface area contributed by atoms with Crippen molar-refractivity contribution in [3.8, 4) is 0 Å². The highest BCUT2D eigenvalue weighted by Crippen LogP contribution is 2.48. The van der Waals surface area contributed by atoms with E-state index in [0.717, 1.165) is 21.3 Å². The van der Waals surface area contributed by atoms with Gasteiger partial charge in [0.1, 0.15) is 5.82 Å². The fraction of sp³-hybridized carbons (Fsp3) is 0.304. The van der Waals surface area contributed by atoms with Crippen molar-refractivity contribution in [3.63, 3.8) is 0 Å². The summed E-state index contributed by atoms with van der Waals surface area (Å²) < 4.78 is 14.3. The topological polar surface area (TPSA) is 37.4 Å². The van der Waals surface area contributed by atoms with E-state index in [9.17, 15) is 14.0 Å². The van der Waals surface area contributed by atoms with Gasteiger partial charge in [-0.1, -0.05) is 41.9 Å². The first kappa shape index (κ1) is 19.1. The van der Waals surface area contributed by atoms with Gasteiger partial charge in [0.05, 0.1) is 0 Å². The molecular weight excluding hydrogens is 421 g/mol. The van der Waals surface area contributed by atoms with Crippen LogP contribution >= 0.6 is 15.9 Å². The smallest absolute Gasteiger partial charge is 0.232 e. The molecule has 0 saturated carbocycles. The molecule has 0 spiro atoms. The molecule has 0 saturated heterocycles. The molecule has 0 fully saturated rings. The highest BCUT2D eigenvalue weighted by Gasteiger charge is 2.44. The number of rotatable bonds is 2. The molecule has 0 N–H and O–H groups in total. The van der Waals surface area contributed by atoms with Crippen LogP contribution in [0.15, 0.2) is 64.3 Å². The van der Waals surface area contributed by atoms with E-state index in [2.05, 4.69) is 15.9 Å². The number of ketones is 1. The molecule has 2 aromatic rings. The van der Waals surface area contributed by atoms with Crippen molar-refractivity contribution >= 4 is 33.3 Å². The maximum atomic E-state index is 13.4. The van der Waals surface area contributed by atoms with E-state index in [-0.39, 0.29) is 35.3 Å². The van der Waals surface area contributed by atoms with Crippen molar-refractivity contribution in [2.75, 3.05) is 4.90 Å². The standard InChI is InChI=1S/C23H21BrFNO2/c1-23(2)12-19-22(20(27)13-23)18(14-4-3-5-15(24)10-14)11-21(28)26(19)17-8-6-16(25)7-9-17/h3-10,18H,11-13H2,1-2H3. The molecule has 1 atom stereocenters. The van der Waals surface area contributed by atoms with Gasteiger partial charge in [-0.2, -0.15) is 0 Å². The lowest BCUT2D eigenvalue weighted by atomic mass is 9.69. The Labute approximate surface area is 172 Å². The van der Waals surface area contributed by atoms with Crippen molar-refractivity contribution in [1.29, 1.82) is 0 Å². The molecule has 0 bridgehead atoms. The van der Waals surface area contributed by atoms with Gasteiger partial charge in [0.25, 0.3) is 0 Å². The second kappa shape index (κ2) is 6.96. The van der Waals surface area contributed by atoms with Crippen LogP contribution in [-0.4, -0.2) is 11.7 Å². The van der Waals surface area contributed by atoms with E-state index in [1.807, 2.05) is 38.1 Å². The van der Waals surface area contributed by atoms with Crippen LogP contribution in [0.2, 0.25) is 0 Å². The van der Waals surface area contributed by atoms with Gasteiger partial charge in [0.2, 0.25) is 5.91 Å². The summed E-state index contributed by atoms with van der Waals surface area (Å²) in [5, 5.41) is 0. The average Bonchev–Trinajstić information content (AvgIpc) is 2.61. The Morgan fingerprint density at radius 2 is 1.79 bits per heavy atom. The Bertz CT molecular complexity index is 994. The minimum Gasteiger partial charge on any atom is -0.294 e. The number of amides is 1. The summed E-state index contributed by atoms with van der Waals surface area (Å²) in [5.74, 6) is -0.577. The maximum absolute atomic E-state index is 13.4. The molecule has 1 aliphatic heterocycles. The lowest BCUT2D eigenvalue weighted by Gasteiger charge is -2.43. The van der Waals surface area contributed by atoms with Gasteiger partial charge in [-0.05, 0) is 53.8 Å². The van der Waals surface area contributed by atoms with Crippen molar-refractivity contribution in [1.82, 2.24) is 0 Å². The molecule has 144 valence electrons. The fourth-order valence-electron chi connectivity index (χ4n) is 4.31. The van der Waals surface area contributed by atoms with Crippen LogP contribution < -0.4 is 4.90 Å². The molecule has 0 radical (unpaired) electrons. The van der Waals surface area contributed by atoms with Crippen LogP contribution in [0.25, 0.3) is 0 Å². The average molecular weight is 442 g/mol. The highest BCUT2D eigenvalue weighted by molar-refractivity contribution is 9.10. The van der Waals surface area contributed by atoms with Crippen molar-refractivity contribution < 1.29 is 14.0 Å². The molecule has 4 rings (SSSR count). The number of nitrogens with zero attached hydrogens (tertiary/aromatic N) is 1. The van der Waals surface area contributed by atoms with Gasteiger partial charge >= 0.3 is 0 Å². The first-order valence-corrected chi connectivity index (χ1v) is 10.1. The summed E-state index contributed by atoms with van der Waals surface area (Å²) in [7, 11) is 0. The number of carbonyl (C=O) groups is 2. The van der Waals surface area contributed by atoms with Gasteiger partial charge in [-0.25, -0.2) is 4.39 Å². The van der Waals surface area contributed by atoms with Gasteiger partial charge in [-0.15, -0.1) is 0 Å². The number of allylic oxidation sites excluding steroid dienone is 2. The zero-order valence-corrected chi connectivity index (χ0v) is 17.4. The number of anilines is 1. The van der Waals surface area contributed by atoms with Gasteiger partial charge in [0, 0.05) is 40.2 Å².